The van der Waals surface area contributed by atoms with Gasteiger partial charge in [0.2, 0.25) is 5.89 Å². The van der Waals surface area contributed by atoms with E-state index in [4.69, 9.17) is 44.2 Å². The van der Waals surface area contributed by atoms with E-state index in [-0.39, 0.29) is 0 Å². The van der Waals surface area contributed by atoms with Crippen molar-refractivity contribution in [2.45, 2.75) is 27.2 Å². The fourth-order valence-corrected chi connectivity index (χ4v) is 3.94. The van der Waals surface area contributed by atoms with E-state index in [9.17, 15) is 0 Å². The van der Waals surface area contributed by atoms with Gasteiger partial charge in [0.05, 0.1) is 16.4 Å². The van der Waals surface area contributed by atoms with Gasteiger partial charge in [0.1, 0.15) is 17.3 Å². The molecule has 0 saturated heterocycles. The highest BCUT2D eigenvalue weighted by atomic mass is 35.5. The Morgan fingerprint density at radius 2 is 1.62 bits per heavy atom. The Balaban J connectivity index is 1.98. The predicted molar refractivity (Wildman–Crippen MR) is 118 cm³/mol. The third kappa shape index (κ3) is 3.68. The van der Waals surface area contributed by atoms with E-state index in [2.05, 4.69) is 4.98 Å². The molecule has 29 heavy (non-hydrogen) atoms. The van der Waals surface area contributed by atoms with Gasteiger partial charge >= 0.3 is 0 Å². The molecule has 0 aliphatic heterocycles. The summed E-state index contributed by atoms with van der Waals surface area (Å²) in [5.41, 5.74) is 4.10. The molecule has 2 aromatic heterocycles. The van der Waals surface area contributed by atoms with E-state index in [1.54, 1.807) is 12.1 Å². The van der Waals surface area contributed by atoms with Crippen molar-refractivity contribution in [2.24, 2.45) is 0 Å². The summed E-state index contributed by atoms with van der Waals surface area (Å²) in [5.74, 6) is 2.03. The number of halogens is 3. The highest BCUT2D eigenvalue weighted by molar-refractivity contribution is 6.36. The average Bonchev–Trinajstić information content (AvgIpc) is 3.22. The van der Waals surface area contributed by atoms with Gasteiger partial charge in [-0.15, -0.1) is 0 Å². The number of imidazole rings is 1. The Morgan fingerprint density at radius 3 is 2.24 bits per heavy atom. The zero-order valence-electron chi connectivity index (χ0n) is 16.1. The van der Waals surface area contributed by atoms with E-state index >= 15 is 0 Å². The number of aryl methyl sites for hydroxylation is 2. The molecule has 0 aliphatic carbocycles. The molecule has 0 saturated carbocycles. The molecule has 7 heteroatoms. The van der Waals surface area contributed by atoms with Crippen LogP contribution < -0.4 is 0 Å². The Kier molecular flexibility index (Phi) is 5.43. The monoisotopic (exact) mass is 445 g/mol. The second-order valence-electron chi connectivity index (χ2n) is 6.69. The van der Waals surface area contributed by atoms with Gasteiger partial charge in [0.15, 0.2) is 0 Å². The van der Waals surface area contributed by atoms with Crippen LogP contribution in [0.4, 0.5) is 0 Å². The molecule has 0 N–H and O–H groups in total. The lowest BCUT2D eigenvalue weighted by Crippen LogP contribution is -2.00. The van der Waals surface area contributed by atoms with Crippen LogP contribution in [0.5, 0.6) is 0 Å². The maximum atomic E-state index is 6.51. The molecule has 4 rings (SSSR count). The first-order valence-corrected chi connectivity index (χ1v) is 10.3. The van der Waals surface area contributed by atoms with Crippen molar-refractivity contribution in [1.82, 2.24) is 14.5 Å². The van der Waals surface area contributed by atoms with Crippen LogP contribution in [0, 0.1) is 13.8 Å². The van der Waals surface area contributed by atoms with Gasteiger partial charge in [-0.1, -0.05) is 41.7 Å². The molecule has 0 amide bonds. The number of rotatable bonds is 4. The van der Waals surface area contributed by atoms with Crippen LogP contribution in [-0.4, -0.2) is 14.5 Å². The number of benzene rings is 2. The van der Waals surface area contributed by atoms with E-state index in [0.717, 1.165) is 34.8 Å². The first-order valence-electron chi connectivity index (χ1n) is 9.16. The van der Waals surface area contributed by atoms with Crippen molar-refractivity contribution in [3.8, 4) is 28.7 Å². The van der Waals surface area contributed by atoms with Gasteiger partial charge in [-0.3, -0.25) is 4.57 Å². The van der Waals surface area contributed by atoms with Gasteiger partial charge in [-0.05, 0) is 56.3 Å². The van der Waals surface area contributed by atoms with E-state index in [1.165, 1.54) is 0 Å². The second kappa shape index (κ2) is 7.86. The highest BCUT2D eigenvalue weighted by Gasteiger charge is 2.23. The van der Waals surface area contributed by atoms with Crippen LogP contribution >= 0.6 is 34.8 Å². The van der Waals surface area contributed by atoms with E-state index in [0.29, 0.717) is 32.5 Å². The average molecular weight is 447 g/mol. The third-order valence-electron chi connectivity index (χ3n) is 4.78. The van der Waals surface area contributed by atoms with Crippen LogP contribution in [-0.2, 0) is 6.42 Å². The zero-order chi connectivity index (χ0) is 20.7. The minimum absolute atomic E-state index is 0.496. The number of hydrogen-bond acceptors (Lipinski definition) is 3. The lowest BCUT2D eigenvalue weighted by atomic mass is 10.2. The van der Waals surface area contributed by atoms with Crippen LogP contribution in [0.15, 0.2) is 46.9 Å². The topological polar surface area (TPSA) is 43.9 Å². The molecule has 0 unspecified atom stereocenters. The van der Waals surface area contributed by atoms with Crippen LogP contribution in [0.25, 0.3) is 28.7 Å². The summed E-state index contributed by atoms with van der Waals surface area (Å²) in [5, 5.41) is 1.74. The summed E-state index contributed by atoms with van der Waals surface area (Å²) in [6, 6.07) is 12.9. The van der Waals surface area contributed by atoms with Gasteiger partial charge in [0.25, 0.3) is 0 Å². The molecule has 0 atom stereocenters. The smallest absolute Gasteiger partial charge is 0.247 e. The van der Waals surface area contributed by atoms with Crippen molar-refractivity contribution < 1.29 is 4.42 Å². The highest BCUT2D eigenvalue weighted by Crippen LogP contribution is 2.36. The lowest BCUT2D eigenvalue weighted by Gasteiger charge is -2.11. The number of oxazole rings is 1. The molecule has 0 spiro atoms. The van der Waals surface area contributed by atoms with Crippen LogP contribution in [0.2, 0.25) is 15.1 Å². The number of hydrogen-bond donors (Lipinski definition) is 0. The molecule has 2 aromatic carbocycles. The molecule has 4 nitrogen and oxygen atoms in total. The summed E-state index contributed by atoms with van der Waals surface area (Å²) >= 11 is 18.7. The Bertz CT molecular complexity index is 1190. The van der Waals surface area contributed by atoms with Crippen LogP contribution in [0.3, 0.4) is 0 Å². The summed E-state index contributed by atoms with van der Waals surface area (Å²) in [7, 11) is 0. The number of nitrogens with zero attached hydrogens (tertiary/aromatic N) is 3. The van der Waals surface area contributed by atoms with Crippen molar-refractivity contribution in [3.63, 3.8) is 0 Å². The first kappa shape index (κ1) is 20.0. The van der Waals surface area contributed by atoms with Gasteiger partial charge in [-0.25, -0.2) is 9.97 Å². The minimum atomic E-state index is 0.496. The third-order valence-corrected chi connectivity index (χ3v) is 5.58. The van der Waals surface area contributed by atoms with E-state index in [1.807, 2.05) is 55.7 Å². The van der Waals surface area contributed by atoms with Gasteiger partial charge in [-0.2, -0.15) is 0 Å². The quantitative estimate of drug-likeness (QED) is 0.329. The summed E-state index contributed by atoms with van der Waals surface area (Å²) in [6.45, 7) is 5.96. The zero-order valence-corrected chi connectivity index (χ0v) is 18.4. The van der Waals surface area contributed by atoms with Gasteiger partial charge < -0.3 is 4.42 Å². The molecular formula is C22H18Cl3N3O. The molecule has 0 radical (unpaired) electrons. The lowest BCUT2D eigenvalue weighted by molar-refractivity contribution is 0.520. The van der Waals surface area contributed by atoms with E-state index < -0.39 is 0 Å². The molecule has 148 valence electrons. The standard InChI is InChI=1S/C22H18Cl3N3O/c1-4-19-12(2)26-22(29-19)20-13(3)28(16-8-5-14(23)6-9-16)21(27-20)17-10-7-15(24)11-18(17)25/h5-11H,4H2,1-3H3. The molecule has 0 bridgehead atoms. The maximum absolute atomic E-state index is 6.51. The second-order valence-corrected chi connectivity index (χ2v) is 7.97. The van der Waals surface area contributed by atoms with Crippen molar-refractivity contribution in [2.75, 3.05) is 0 Å². The Morgan fingerprint density at radius 1 is 0.931 bits per heavy atom. The fraction of sp³-hybridized carbons (Fsp3) is 0.182. The number of aromatic nitrogens is 3. The van der Waals surface area contributed by atoms with Crippen molar-refractivity contribution >= 4 is 34.8 Å². The SMILES string of the molecule is CCc1oc(-c2nc(-c3ccc(Cl)cc3Cl)n(-c3ccc(Cl)cc3)c2C)nc1C. The summed E-state index contributed by atoms with van der Waals surface area (Å²) < 4.78 is 8.00. The summed E-state index contributed by atoms with van der Waals surface area (Å²) in [4.78, 5) is 9.46. The first-order chi connectivity index (χ1) is 13.9. The van der Waals surface area contributed by atoms with Crippen LogP contribution in [0.1, 0.15) is 24.1 Å². The minimum Gasteiger partial charge on any atom is -0.440 e. The largest absolute Gasteiger partial charge is 0.440 e. The fourth-order valence-electron chi connectivity index (χ4n) is 3.32. The van der Waals surface area contributed by atoms with Crippen molar-refractivity contribution in [3.05, 3.63) is 74.7 Å². The molecule has 2 heterocycles. The molecular weight excluding hydrogens is 429 g/mol. The molecule has 0 fully saturated rings. The predicted octanol–water partition coefficient (Wildman–Crippen LogP) is 7.33. The maximum Gasteiger partial charge on any atom is 0.247 e. The van der Waals surface area contributed by atoms with Crippen molar-refractivity contribution in [1.29, 1.82) is 0 Å². The Labute approximate surface area is 184 Å². The Hall–Kier alpha value is -2.27. The summed E-state index contributed by atoms with van der Waals surface area (Å²) in [6.07, 6.45) is 0.769. The molecule has 4 aromatic rings. The van der Waals surface area contributed by atoms with Gasteiger partial charge in [0, 0.05) is 27.7 Å². The molecule has 0 aliphatic rings. The normalized spacial score (nSPS) is 11.2.